The molecule has 1 atom stereocenters. The molecule has 0 aliphatic heterocycles. The number of hydrogen-bond acceptors (Lipinski definition) is 1. The van der Waals surface area contributed by atoms with Crippen molar-refractivity contribution < 1.29 is 4.39 Å². The van der Waals surface area contributed by atoms with E-state index in [1.165, 1.54) is 12.1 Å². The van der Waals surface area contributed by atoms with Crippen LogP contribution in [0.3, 0.4) is 0 Å². The Morgan fingerprint density at radius 3 is 2.64 bits per heavy atom. The second-order valence-corrected chi connectivity index (χ2v) is 3.42. The molecule has 2 heteroatoms. The Kier molecular flexibility index (Phi) is 4.17. The first kappa shape index (κ1) is 10.8. The largest absolute Gasteiger partial charge is 0.383 e. The monoisotopic (exact) mass is 193 g/mol. The SMILES string of the molecule is C=CCC[C@@H](C)Nc1ccc(F)cc1. The van der Waals surface area contributed by atoms with Crippen molar-refractivity contribution in [3.63, 3.8) is 0 Å². The lowest BCUT2D eigenvalue weighted by molar-refractivity contribution is 0.627. The maximum Gasteiger partial charge on any atom is 0.123 e. The Morgan fingerprint density at radius 1 is 1.43 bits per heavy atom. The third-order valence-electron chi connectivity index (χ3n) is 2.06. The minimum absolute atomic E-state index is 0.200. The van der Waals surface area contributed by atoms with E-state index in [0.29, 0.717) is 6.04 Å². The molecule has 0 amide bonds. The van der Waals surface area contributed by atoms with E-state index in [2.05, 4.69) is 18.8 Å². The molecule has 1 N–H and O–H groups in total. The summed E-state index contributed by atoms with van der Waals surface area (Å²) in [6.07, 6.45) is 3.94. The first-order valence-electron chi connectivity index (χ1n) is 4.85. The summed E-state index contributed by atoms with van der Waals surface area (Å²) in [7, 11) is 0. The van der Waals surface area contributed by atoms with Gasteiger partial charge in [0.05, 0.1) is 0 Å². The molecule has 0 bridgehead atoms. The molecule has 0 unspecified atom stereocenters. The molecular weight excluding hydrogens is 177 g/mol. The summed E-state index contributed by atoms with van der Waals surface area (Å²) in [5.74, 6) is -0.200. The average molecular weight is 193 g/mol. The first-order valence-corrected chi connectivity index (χ1v) is 4.85. The van der Waals surface area contributed by atoms with Crippen molar-refractivity contribution in [2.75, 3.05) is 5.32 Å². The van der Waals surface area contributed by atoms with Crippen LogP contribution in [0.25, 0.3) is 0 Å². The highest BCUT2D eigenvalue weighted by molar-refractivity contribution is 5.43. The van der Waals surface area contributed by atoms with Crippen LogP contribution in [0.2, 0.25) is 0 Å². The maximum absolute atomic E-state index is 12.6. The van der Waals surface area contributed by atoms with Gasteiger partial charge in [-0.2, -0.15) is 0 Å². The fourth-order valence-electron chi connectivity index (χ4n) is 1.27. The number of benzene rings is 1. The van der Waals surface area contributed by atoms with E-state index in [1.807, 2.05) is 6.08 Å². The number of rotatable bonds is 5. The van der Waals surface area contributed by atoms with Crippen LogP contribution < -0.4 is 5.32 Å². The van der Waals surface area contributed by atoms with E-state index in [9.17, 15) is 4.39 Å². The smallest absolute Gasteiger partial charge is 0.123 e. The van der Waals surface area contributed by atoms with Gasteiger partial charge in [-0.1, -0.05) is 6.08 Å². The molecule has 1 nitrogen and oxygen atoms in total. The van der Waals surface area contributed by atoms with Gasteiger partial charge in [-0.05, 0) is 44.0 Å². The quantitative estimate of drug-likeness (QED) is 0.704. The van der Waals surface area contributed by atoms with Gasteiger partial charge in [0.1, 0.15) is 5.82 Å². The topological polar surface area (TPSA) is 12.0 Å². The highest BCUT2D eigenvalue weighted by Crippen LogP contribution is 2.11. The van der Waals surface area contributed by atoms with Crippen molar-refractivity contribution in [3.05, 3.63) is 42.7 Å². The Hall–Kier alpha value is -1.31. The lowest BCUT2D eigenvalue weighted by Gasteiger charge is -2.13. The Balaban J connectivity index is 2.43. The van der Waals surface area contributed by atoms with E-state index in [-0.39, 0.29) is 5.82 Å². The van der Waals surface area contributed by atoms with E-state index < -0.39 is 0 Å². The molecule has 1 aromatic carbocycles. The highest BCUT2D eigenvalue weighted by atomic mass is 19.1. The number of halogens is 1. The average Bonchev–Trinajstić information content (AvgIpc) is 2.18. The van der Waals surface area contributed by atoms with Crippen LogP contribution in [-0.2, 0) is 0 Å². The highest BCUT2D eigenvalue weighted by Gasteiger charge is 2.00. The van der Waals surface area contributed by atoms with Gasteiger partial charge in [-0.3, -0.25) is 0 Å². The van der Waals surface area contributed by atoms with Crippen molar-refractivity contribution >= 4 is 5.69 Å². The lowest BCUT2D eigenvalue weighted by atomic mass is 10.1. The molecule has 76 valence electrons. The summed E-state index contributed by atoms with van der Waals surface area (Å²) in [6, 6.07) is 6.81. The third-order valence-corrected chi connectivity index (χ3v) is 2.06. The Labute approximate surface area is 84.6 Å². The molecule has 0 aliphatic rings. The standard InChI is InChI=1S/C12H16FN/c1-3-4-5-10(2)14-12-8-6-11(13)7-9-12/h3,6-10,14H,1,4-5H2,2H3/t10-/m1/s1. The van der Waals surface area contributed by atoms with Gasteiger partial charge in [0.2, 0.25) is 0 Å². The fraction of sp³-hybridized carbons (Fsp3) is 0.333. The van der Waals surface area contributed by atoms with Gasteiger partial charge in [0.25, 0.3) is 0 Å². The predicted molar refractivity (Wildman–Crippen MR) is 58.9 cm³/mol. The fourth-order valence-corrected chi connectivity index (χ4v) is 1.27. The van der Waals surface area contributed by atoms with Gasteiger partial charge < -0.3 is 5.32 Å². The van der Waals surface area contributed by atoms with Crippen molar-refractivity contribution in [2.45, 2.75) is 25.8 Å². The maximum atomic E-state index is 12.6. The zero-order valence-corrected chi connectivity index (χ0v) is 8.46. The normalized spacial score (nSPS) is 12.1. The Bertz CT molecular complexity index is 279. The summed E-state index contributed by atoms with van der Waals surface area (Å²) in [6.45, 7) is 5.78. The second-order valence-electron chi connectivity index (χ2n) is 3.42. The van der Waals surface area contributed by atoms with Crippen molar-refractivity contribution in [3.8, 4) is 0 Å². The van der Waals surface area contributed by atoms with Crippen LogP contribution in [0.1, 0.15) is 19.8 Å². The van der Waals surface area contributed by atoms with Crippen LogP contribution in [0, 0.1) is 5.82 Å². The van der Waals surface area contributed by atoms with Crippen LogP contribution in [0.4, 0.5) is 10.1 Å². The molecule has 0 aliphatic carbocycles. The van der Waals surface area contributed by atoms with Crippen molar-refractivity contribution in [1.82, 2.24) is 0 Å². The van der Waals surface area contributed by atoms with Gasteiger partial charge in [0, 0.05) is 11.7 Å². The minimum Gasteiger partial charge on any atom is -0.383 e. The summed E-state index contributed by atoms with van der Waals surface area (Å²) >= 11 is 0. The number of allylic oxidation sites excluding steroid dienone is 1. The minimum atomic E-state index is -0.200. The van der Waals surface area contributed by atoms with Crippen molar-refractivity contribution in [1.29, 1.82) is 0 Å². The Morgan fingerprint density at radius 2 is 2.07 bits per heavy atom. The van der Waals surface area contributed by atoms with E-state index in [1.54, 1.807) is 12.1 Å². The zero-order valence-electron chi connectivity index (χ0n) is 8.46. The van der Waals surface area contributed by atoms with Gasteiger partial charge in [-0.15, -0.1) is 6.58 Å². The number of nitrogens with one attached hydrogen (secondary N) is 1. The molecule has 14 heavy (non-hydrogen) atoms. The molecular formula is C12H16FN. The molecule has 0 saturated carbocycles. The summed E-state index contributed by atoms with van der Waals surface area (Å²) in [5, 5.41) is 3.29. The van der Waals surface area contributed by atoms with Gasteiger partial charge >= 0.3 is 0 Å². The summed E-state index contributed by atoms with van der Waals surface area (Å²) in [5.41, 5.74) is 0.961. The molecule has 0 saturated heterocycles. The predicted octanol–water partition coefficient (Wildman–Crippen LogP) is 3.59. The van der Waals surface area contributed by atoms with Crippen LogP contribution in [0.15, 0.2) is 36.9 Å². The first-order chi connectivity index (χ1) is 6.72. The van der Waals surface area contributed by atoms with Gasteiger partial charge in [0.15, 0.2) is 0 Å². The molecule has 0 spiro atoms. The molecule has 0 aromatic heterocycles. The number of hydrogen-bond donors (Lipinski definition) is 1. The molecule has 0 fully saturated rings. The van der Waals surface area contributed by atoms with Crippen molar-refractivity contribution in [2.24, 2.45) is 0 Å². The summed E-state index contributed by atoms with van der Waals surface area (Å²) in [4.78, 5) is 0. The lowest BCUT2D eigenvalue weighted by Crippen LogP contribution is -2.14. The van der Waals surface area contributed by atoms with Gasteiger partial charge in [-0.25, -0.2) is 4.39 Å². The third kappa shape index (κ3) is 3.60. The van der Waals surface area contributed by atoms with E-state index in [0.717, 1.165) is 18.5 Å². The molecule has 0 heterocycles. The molecule has 1 aromatic rings. The summed E-state index contributed by atoms with van der Waals surface area (Å²) < 4.78 is 12.6. The van der Waals surface area contributed by atoms with Crippen LogP contribution in [-0.4, -0.2) is 6.04 Å². The van der Waals surface area contributed by atoms with E-state index in [4.69, 9.17) is 0 Å². The molecule has 1 rings (SSSR count). The van der Waals surface area contributed by atoms with Crippen LogP contribution in [0.5, 0.6) is 0 Å². The molecule has 0 radical (unpaired) electrons. The zero-order chi connectivity index (χ0) is 10.4. The number of anilines is 1. The van der Waals surface area contributed by atoms with Crippen LogP contribution >= 0.6 is 0 Å². The second kappa shape index (κ2) is 5.43. The van der Waals surface area contributed by atoms with E-state index >= 15 is 0 Å².